The highest BCUT2D eigenvalue weighted by molar-refractivity contribution is 6.24. The Balaban J connectivity index is 1.26. The second-order valence-corrected chi connectivity index (χ2v) is 12.4. The molecule has 0 aliphatic rings. The lowest BCUT2D eigenvalue weighted by atomic mass is 9.91. The number of para-hydroxylation sites is 1. The molecule has 8 aromatic carbocycles. The van der Waals surface area contributed by atoms with Crippen molar-refractivity contribution < 1.29 is 4.42 Å². The molecular formula is C45H27N3O. The molecule has 4 heteroatoms. The van der Waals surface area contributed by atoms with Gasteiger partial charge in [-0.25, -0.2) is 15.0 Å². The summed E-state index contributed by atoms with van der Waals surface area (Å²) in [5.41, 5.74) is 6.55. The summed E-state index contributed by atoms with van der Waals surface area (Å²) in [4.78, 5) is 15.1. The van der Waals surface area contributed by atoms with E-state index < -0.39 is 0 Å². The molecule has 4 nitrogen and oxygen atoms in total. The Bertz CT molecular complexity index is 2820. The van der Waals surface area contributed by atoms with Crippen LogP contribution in [0.5, 0.6) is 0 Å². The van der Waals surface area contributed by atoms with E-state index in [2.05, 4.69) is 91.0 Å². The Morgan fingerprint density at radius 2 is 0.918 bits per heavy atom. The van der Waals surface area contributed by atoms with E-state index in [9.17, 15) is 0 Å². The minimum atomic E-state index is 0.603. The SMILES string of the molecule is c1ccc(-c2nc(-c3ccccc3)nc(-c3ccc(-c4cccc5c4ccc4ccc6ccccc6c45)c4oc5ccccc5c34)n2)cc1. The van der Waals surface area contributed by atoms with Crippen LogP contribution in [0, 0.1) is 0 Å². The van der Waals surface area contributed by atoms with Crippen molar-refractivity contribution in [3.05, 3.63) is 164 Å². The molecule has 0 aliphatic carbocycles. The van der Waals surface area contributed by atoms with Crippen molar-refractivity contribution in [2.75, 3.05) is 0 Å². The Morgan fingerprint density at radius 1 is 0.327 bits per heavy atom. The van der Waals surface area contributed by atoms with Crippen molar-refractivity contribution in [2.45, 2.75) is 0 Å². The van der Waals surface area contributed by atoms with Crippen LogP contribution in [0.1, 0.15) is 0 Å². The quantitative estimate of drug-likeness (QED) is 0.183. The highest BCUT2D eigenvalue weighted by Gasteiger charge is 2.21. The van der Waals surface area contributed by atoms with Crippen LogP contribution in [0.25, 0.3) is 99.5 Å². The third kappa shape index (κ3) is 4.42. The first-order valence-corrected chi connectivity index (χ1v) is 16.5. The number of furan rings is 1. The predicted molar refractivity (Wildman–Crippen MR) is 201 cm³/mol. The summed E-state index contributed by atoms with van der Waals surface area (Å²) in [5.74, 6) is 1.86. The second-order valence-electron chi connectivity index (χ2n) is 12.4. The van der Waals surface area contributed by atoms with Crippen molar-refractivity contribution in [1.82, 2.24) is 15.0 Å². The molecule has 0 amide bonds. The van der Waals surface area contributed by atoms with Crippen molar-refractivity contribution in [2.24, 2.45) is 0 Å². The Morgan fingerprint density at radius 3 is 1.69 bits per heavy atom. The summed E-state index contributed by atoms with van der Waals surface area (Å²) >= 11 is 0. The first-order valence-electron chi connectivity index (χ1n) is 16.5. The Labute approximate surface area is 282 Å². The largest absolute Gasteiger partial charge is 0.455 e. The third-order valence-corrected chi connectivity index (χ3v) is 9.52. The van der Waals surface area contributed by atoms with Crippen LogP contribution in [0.3, 0.4) is 0 Å². The van der Waals surface area contributed by atoms with Gasteiger partial charge in [0.15, 0.2) is 17.5 Å². The number of rotatable bonds is 4. The molecule has 2 heterocycles. The van der Waals surface area contributed by atoms with Gasteiger partial charge in [0.2, 0.25) is 0 Å². The zero-order valence-electron chi connectivity index (χ0n) is 26.3. The number of benzene rings is 8. The van der Waals surface area contributed by atoms with Crippen LogP contribution >= 0.6 is 0 Å². The predicted octanol–water partition coefficient (Wildman–Crippen LogP) is 11.9. The molecule has 0 N–H and O–H groups in total. The van der Waals surface area contributed by atoms with E-state index in [0.717, 1.165) is 49.8 Å². The van der Waals surface area contributed by atoms with E-state index in [-0.39, 0.29) is 0 Å². The van der Waals surface area contributed by atoms with E-state index in [4.69, 9.17) is 19.4 Å². The summed E-state index contributed by atoms with van der Waals surface area (Å²) < 4.78 is 6.77. The topological polar surface area (TPSA) is 51.8 Å². The molecule has 49 heavy (non-hydrogen) atoms. The zero-order chi connectivity index (χ0) is 32.3. The maximum atomic E-state index is 6.77. The van der Waals surface area contributed by atoms with Gasteiger partial charge in [-0.2, -0.15) is 0 Å². The summed E-state index contributed by atoms with van der Waals surface area (Å²) in [6.07, 6.45) is 0. The van der Waals surface area contributed by atoms with Gasteiger partial charge in [-0.1, -0.05) is 146 Å². The minimum absolute atomic E-state index is 0.603. The Kier molecular flexibility index (Phi) is 6.15. The highest BCUT2D eigenvalue weighted by atomic mass is 16.3. The molecule has 0 radical (unpaired) electrons. The van der Waals surface area contributed by atoms with Gasteiger partial charge in [-0.15, -0.1) is 0 Å². The van der Waals surface area contributed by atoms with Crippen molar-refractivity contribution >= 4 is 54.3 Å². The van der Waals surface area contributed by atoms with Crippen LogP contribution in [0.2, 0.25) is 0 Å². The van der Waals surface area contributed by atoms with Crippen molar-refractivity contribution in [3.8, 4) is 45.3 Å². The molecule has 0 bridgehead atoms. The van der Waals surface area contributed by atoms with Crippen molar-refractivity contribution in [3.63, 3.8) is 0 Å². The van der Waals surface area contributed by atoms with E-state index in [0.29, 0.717) is 17.5 Å². The molecular weight excluding hydrogens is 599 g/mol. The molecule has 10 aromatic rings. The third-order valence-electron chi connectivity index (χ3n) is 9.52. The summed E-state index contributed by atoms with van der Waals surface area (Å²) in [6.45, 7) is 0. The molecule has 0 unspecified atom stereocenters. The van der Waals surface area contributed by atoms with Crippen LogP contribution in [0.15, 0.2) is 168 Å². The lowest BCUT2D eigenvalue weighted by Gasteiger charge is -2.13. The van der Waals surface area contributed by atoms with Gasteiger partial charge in [0.25, 0.3) is 0 Å². The number of hydrogen-bond acceptors (Lipinski definition) is 4. The number of hydrogen-bond donors (Lipinski definition) is 0. The van der Waals surface area contributed by atoms with Crippen LogP contribution in [-0.2, 0) is 0 Å². The smallest absolute Gasteiger partial charge is 0.164 e. The molecule has 0 saturated carbocycles. The zero-order valence-corrected chi connectivity index (χ0v) is 26.3. The van der Waals surface area contributed by atoms with Gasteiger partial charge >= 0.3 is 0 Å². The van der Waals surface area contributed by atoms with Gasteiger partial charge in [0.1, 0.15) is 11.2 Å². The van der Waals surface area contributed by atoms with Crippen LogP contribution in [0.4, 0.5) is 0 Å². The monoisotopic (exact) mass is 625 g/mol. The summed E-state index contributed by atoms with van der Waals surface area (Å²) in [6, 6.07) is 56.8. The molecule has 228 valence electrons. The fraction of sp³-hybridized carbons (Fsp3) is 0. The number of nitrogens with zero attached hydrogens (tertiary/aromatic N) is 3. The van der Waals surface area contributed by atoms with Gasteiger partial charge < -0.3 is 4.42 Å². The summed E-state index contributed by atoms with van der Waals surface area (Å²) in [5, 5.41) is 9.39. The molecule has 0 aliphatic heterocycles. The van der Waals surface area contributed by atoms with E-state index in [1.165, 1.54) is 32.3 Å². The van der Waals surface area contributed by atoms with Crippen LogP contribution < -0.4 is 0 Å². The maximum absolute atomic E-state index is 6.77. The first kappa shape index (κ1) is 27.5. The fourth-order valence-electron chi connectivity index (χ4n) is 7.25. The van der Waals surface area contributed by atoms with E-state index in [1.54, 1.807) is 0 Å². The lowest BCUT2D eigenvalue weighted by Crippen LogP contribution is -2.00. The normalized spacial score (nSPS) is 11.7. The average Bonchev–Trinajstić information content (AvgIpc) is 3.57. The Hall–Kier alpha value is -6.65. The minimum Gasteiger partial charge on any atom is -0.455 e. The van der Waals surface area contributed by atoms with Gasteiger partial charge in [0.05, 0.1) is 0 Å². The number of fused-ring (bicyclic) bond motifs is 8. The second kappa shape index (κ2) is 11.0. The standard InChI is InChI=1S/C45H27N3O/c1-3-13-30(14-4-1)43-46-44(31-15-5-2-6-16-31)48-45(47-43)38-27-26-36(42-41(38)37-18-9-10-21-39(37)49-42)33-19-11-20-35-34(33)25-24-29-23-22-28-12-7-8-17-32(28)40(29)35/h1-27H. The maximum Gasteiger partial charge on any atom is 0.164 e. The van der Waals surface area contributed by atoms with Crippen LogP contribution in [-0.4, -0.2) is 15.0 Å². The molecule has 0 fully saturated rings. The van der Waals surface area contributed by atoms with E-state index >= 15 is 0 Å². The van der Waals surface area contributed by atoms with Gasteiger partial charge in [-0.05, 0) is 56.1 Å². The highest BCUT2D eigenvalue weighted by Crippen LogP contribution is 2.44. The van der Waals surface area contributed by atoms with Gasteiger partial charge in [0, 0.05) is 33.0 Å². The van der Waals surface area contributed by atoms with E-state index in [1.807, 2.05) is 72.8 Å². The molecule has 0 spiro atoms. The van der Waals surface area contributed by atoms with Crippen molar-refractivity contribution in [1.29, 1.82) is 0 Å². The average molecular weight is 626 g/mol. The summed E-state index contributed by atoms with van der Waals surface area (Å²) in [7, 11) is 0. The fourth-order valence-corrected chi connectivity index (χ4v) is 7.25. The molecule has 10 rings (SSSR count). The van der Waals surface area contributed by atoms with Gasteiger partial charge in [-0.3, -0.25) is 0 Å². The molecule has 2 aromatic heterocycles. The first-order chi connectivity index (χ1) is 24.3. The lowest BCUT2D eigenvalue weighted by molar-refractivity contribution is 0.670. The number of aromatic nitrogens is 3. The molecule has 0 saturated heterocycles. The molecule has 0 atom stereocenters.